The molecule has 1 aromatic heterocycles. The summed E-state index contributed by atoms with van der Waals surface area (Å²) < 4.78 is 0. The van der Waals surface area contributed by atoms with Crippen LogP contribution in [0.1, 0.15) is 37.6 Å². The Morgan fingerprint density at radius 2 is 2.29 bits per heavy atom. The third-order valence-electron chi connectivity index (χ3n) is 3.63. The number of thiazole rings is 1. The lowest BCUT2D eigenvalue weighted by atomic mass is 9.99. The molecule has 2 rings (SSSR count). The zero-order chi connectivity index (χ0) is 12.1. The van der Waals surface area contributed by atoms with Gasteiger partial charge in [0.25, 0.3) is 0 Å². The van der Waals surface area contributed by atoms with Crippen molar-refractivity contribution < 1.29 is 0 Å². The minimum atomic E-state index is 0.436. The van der Waals surface area contributed by atoms with Crippen LogP contribution in [0, 0.1) is 5.92 Å². The van der Waals surface area contributed by atoms with Gasteiger partial charge in [0, 0.05) is 30.2 Å². The summed E-state index contributed by atoms with van der Waals surface area (Å²) in [5.41, 5.74) is 1.90. The monoisotopic (exact) mass is 253 g/mol. The quantitative estimate of drug-likeness (QED) is 0.874. The van der Waals surface area contributed by atoms with Crippen molar-refractivity contribution in [1.82, 2.24) is 15.2 Å². The number of likely N-dealkylation sites (tertiary alicyclic amines) is 1. The number of nitrogens with one attached hydrogen (secondary N) is 1. The summed E-state index contributed by atoms with van der Waals surface area (Å²) in [6.07, 6.45) is 4.69. The Morgan fingerprint density at radius 1 is 1.53 bits per heavy atom. The summed E-state index contributed by atoms with van der Waals surface area (Å²) in [6, 6.07) is 0.436. The molecule has 0 radical (unpaired) electrons. The lowest BCUT2D eigenvalue weighted by Crippen LogP contribution is -2.38. The predicted octanol–water partition coefficient (Wildman–Crippen LogP) is 2.53. The zero-order valence-electron chi connectivity index (χ0n) is 10.9. The van der Waals surface area contributed by atoms with E-state index < -0.39 is 0 Å². The van der Waals surface area contributed by atoms with Crippen molar-refractivity contribution in [2.45, 2.75) is 32.7 Å². The molecule has 0 bridgehead atoms. The Morgan fingerprint density at radius 3 is 2.94 bits per heavy atom. The minimum Gasteiger partial charge on any atom is -0.308 e. The van der Waals surface area contributed by atoms with Crippen LogP contribution in [0.25, 0.3) is 0 Å². The molecule has 1 saturated heterocycles. The first-order valence-electron chi connectivity index (χ1n) is 6.60. The Labute approximate surface area is 108 Å². The van der Waals surface area contributed by atoms with E-state index in [-0.39, 0.29) is 0 Å². The van der Waals surface area contributed by atoms with Gasteiger partial charge in [-0.05, 0) is 38.8 Å². The fraction of sp³-hybridized carbons (Fsp3) is 0.769. The van der Waals surface area contributed by atoms with Crippen LogP contribution < -0.4 is 5.32 Å². The lowest BCUT2D eigenvalue weighted by molar-refractivity contribution is 0.191. The maximum Gasteiger partial charge on any atom is 0.0794 e. The number of piperidine rings is 1. The highest BCUT2D eigenvalue weighted by Crippen LogP contribution is 2.17. The van der Waals surface area contributed by atoms with Crippen LogP contribution in [0.15, 0.2) is 11.7 Å². The van der Waals surface area contributed by atoms with E-state index in [9.17, 15) is 0 Å². The van der Waals surface area contributed by atoms with E-state index >= 15 is 0 Å². The Balaban J connectivity index is 1.63. The molecule has 1 fully saturated rings. The molecule has 1 aliphatic rings. The summed E-state index contributed by atoms with van der Waals surface area (Å²) in [5, 5.41) is 3.57. The molecule has 1 aliphatic heterocycles. The molecule has 1 N–H and O–H groups in total. The highest BCUT2D eigenvalue weighted by Gasteiger charge is 2.15. The van der Waals surface area contributed by atoms with Crippen LogP contribution in [-0.2, 0) is 0 Å². The summed E-state index contributed by atoms with van der Waals surface area (Å²) in [7, 11) is 0. The lowest BCUT2D eigenvalue weighted by Gasteiger charge is -2.30. The van der Waals surface area contributed by atoms with Crippen molar-refractivity contribution in [2.24, 2.45) is 5.92 Å². The third kappa shape index (κ3) is 4.05. The molecule has 0 aromatic carbocycles. The molecule has 0 aliphatic carbocycles. The van der Waals surface area contributed by atoms with Crippen molar-refractivity contribution >= 4 is 11.3 Å². The van der Waals surface area contributed by atoms with Gasteiger partial charge in [0.2, 0.25) is 0 Å². The van der Waals surface area contributed by atoms with Crippen molar-refractivity contribution in [1.29, 1.82) is 0 Å². The Hall–Kier alpha value is -0.450. The van der Waals surface area contributed by atoms with Crippen molar-refractivity contribution in [3.63, 3.8) is 0 Å². The van der Waals surface area contributed by atoms with E-state index in [0.717, 1.165) is 12.5 Å². The highest BCUT2D eigenvalue weighted by atomic mass is 32.1. The fourth-order valence-electron chi connectivity index (χ4n) is 2.26. The molecule has 0 saturated carbocycles. The van der Waals surface area contributed by atoms with Gasteiger partial charge in [0.15, 0.2) is 0 Å². The van der Waals surface area contributed by atoms with Gasteiger partial charge in [0.05, 0.1) is 5.51 Å². The van der Waals surface area contributed by atoms with Gasteiger partial charge >= 0.3 is 0 Å². The minimum absolute atomic E-state index is 0.436. The van der Waals surface area contributed by atoms with E-state index in [4.69, 9.17) is 0 Å². The molecule has 2 heterocycles. The van der Waals surface area contributed by atoms with Gasteiger partial charge in [-0.25, -0.2) is 0 Å². The SMILES string of the molecule is CC1CCN(CCNC(C)c2cncs2)CC1. The van der Waals surface area contributed by atoms with E-state index in [1.54, 1.807) is 11.3 Å². The maximum absolute atomic E-state index is 4.12. The Kier molecular flexibility index (Phi) is 4.95. The van der Waals surface area contributed by atoms with Crippen LogP contribution in [0.3, 0.4) is 0 Å². The van der Waals surface area contributed by atoms with Crippen LogP contribution in [0.4, 0.5) is 0 Å². The van der Waals surface area contributed by atoms with E-state index in [1.807, 2.05) is 11.7 Å². The van der Waals surface area contributed by atoms with Gasteiger partial charge in [0.1, 0.15) is 0 Å². The number of aromatic nitrogens is 1. The van der Waals surface area contributed by atoms with Gasteiger partial charge in [-0.3, -0.25) is 4.98 Å². The standard InChI is InChI=1S/C13H23N3S/c1-11-3-6-16(7-4-11)8-5-15-12(2)13-9-14-10-17-13/h9-12,15H,3-8H2,1-2H3. The van der Waals surface area contributed by atoms with Crippen molar-refractivity contribution in [2.75, 3.05) is 26.2 Å². The smallest absolute Gasteiger partial charge is 0.0794 e. The van der Waals surface area contributed by atoms with Gasteiger partial charge in [-0.15, -0.1) is 11.3 Å². The van der Waals surface area contributed by atoms with Gasteiger partial charge < -0.3 is 10.2 Å². The molecule has 1 unspecified atom stereocenters. The predicted molar refractivity (Wildman–Crippen MR) is 73.4 cm³/mol. The van der Waals surface area contributed by atoms with Crippen LogP contribution in [-0.4, -0.2) is 36.1 Å². The molecular formula is C13H23N3S. The largest absolute Gasteiger partial charge is 0.308 e. The molecule has 3 nitrogen and oxygen atoms in total. The second-order valence-corrected chi connectivity index (χ2v) is 6.02. The first-order chi connectivity index (χ1) is 8.25. The van der Waals surface area contributed by atoms with Gasteiger partial charge in [-0.2, -0.15) is 0 Å². The molecule has 0 amide bonds. The number of hydrogen-bond acceptors (Lipinski definition) is 4. The number of nitrogens with zero attached hydrogens (tertiary/aromatic N) is 2. The molecule has 1 aromatic rings. The van der Waals surface area contributed by atoms with E-state index in [0.29, 0.717) is 6.04 Å². The van der Waals surface area contributed by atoms with E-state index in [2.05, 4.69) is 29.0 Å². The molecular weight excluding hydrogens is 230 g/mol. The van der Waals surface area contributed by atoms with Crippen LogP contribution in [0.5, 0.6) is 0 Å². The summed E-state index contributed by atoms with van der Waals surface area (Å²) in [5.74, 6) is 0.926. The second kappa shape index (κ2) is 6.47. The molecule has 0 spiro atoms. The van der Waals surface area contributed by atoms with Crippen LogP contribution >= 0.6 is 11.3 Å². The number of hydrogen-bond donors (Lipinski definition) is 1. The first kappa shape index (κ1) is 13.0. The van der Waals surface area contributed by atoms with E-state index in [1.165, 1.54) is 37.4 Å². The molecule has 17 heavy (non-hydrogen) atoms. The van der Waals surface area contributed by atoms with Gasteiger partial charge in [-0.1, -0.05) is 6.92 Å². The Bertz CT molecular complexity index is 304. The van der Waals surface area contributed by atoms with Crippen molar-refractivity contribution in [3.8, 4) is 0 Å². The number of rotatable bonds is 5. The average molecular weight is 253 g/mol. The molecule has 4 heteroatoms. The second-order valence-electron chi connectivity index (χ2n) is 5.10. The third-order valence-corrected chi connectivity index (χ3v) is 4.59. The fourth-order valence-corrected chi connectivity index (χ4v) is 2.92. The highest BCUT2D eigenvalue weighted by molar-refractivity contribution is 7.09. The molecule has 1 atom stereocenters. The maximum atomic E-state index is 4.12. The summed E-state index contributed by atoms with van der Waals surface area (Å²) in [4.78, 5) is 8.02. The average Bonchev–Trinajstić information content (AvgIpc) is 2.85. The summed E-state index contributed by atoms with van der Waals surface area (Å²) in [6.45, 7) is 9.38. The van der Waals surface area contributed by atoms with Crippen LogP contribution in [0.2, 0.25) is 0 Å². The molecule has 96 valence electrons. The summed E-state index contributed by atoms with van der Waals surface area (Å²) >= 11 is 1.73. The van der Waals surface area contributed by atoms with Crippen molar-refractivity contribution in [3.05, 3.63) is 16.6 Å². The topological polar surface area (TPSA) is 28.2 Å². The zero-order valence-corrected chi connectivity index (χ0v) is 11.7. The normalized spacial score (nSPS) is 20.6. The first-order valence-corrected chi connectivity index (χ1v) is 7.48.